The van der Waals surface area contributed by atoms with E-state index < -0.39 is 25.1 Å². The van der Waals surface area contributed by atoms with E-state index in [4.69, 9.17) is 5.11 Å². The number of nitrogens with zero attached hydrogens (tertiary/aromatic N) is 2. The molecule has 0 saturated carbocycles. The smallest absolute Gasteiger partial charge is 0.390 e. The van der Waals surface area contributed by atoms with Crippen molar-refractivity contribution in [1.82, 2.24) is 9.55 Å². The molecule has 0 spiro atoms. The lowest BCUT2D eigenvalue weighted by Gasteiger charge is -2.08. The highest BCUT2D eigenvalue weighted by molar-refractivity contribution is 9.11. The van der Waals surface area contributed by atoms with E-state index in [9.17, 15) is 18.0 Å². The molecule has 90 valence electrons. The molecule has 1 aromatic heterocycles. The molecular formula is C7H5Br2F3N2O2. The van der Waals surface area contributed by atoms with Crippen LogP contribution in [-0.2, 0) is 6.54 Å². The van der Waals surface area contributed by atoms with Crippen molar-refractivity contribution in [3.63, 3.8) is 0 Å². The van der Waals surface area contributed by atoms with Crippen molar-refractivity contribution in [2.24, 2.45) is 0 Å². The van der Waals surface area contributed by atoms with E-state index in [1.165, 1.54) is 0 Å². The van der Waals surface area contributed by atoms with Gasteiger partial charge in [-0.05, 0) is 31.9 Å². The zero-order valence-corrected chi connectivity index (χ0v) is 10.7. The minimum absolute atomic E-state index is 0.0103. The Morgan fingerprint density at radius 2 is 2.00 bits per heavy atom. The number of hydrogen-bond acceptors (Lipinski definition) is 2. The second kappa shape index (κ2) is 4.74. The van der Waals surface area contributed by atoms with E-state index >= 15 is 0 Å². The molecule has 0 fully saturated rings. The van der Waals surface area contributed by atoms with Crippen LogP contribution in [0.25, 0.3) is 0 Å². The summed E-state index contributed by atoms with van der Waals surface area (Å²) in [6, 6.07) is 0. The molecule has 0 radical (unpaired) electrons. The third-order valence-electron chi connectivity index (χ3n) is 1.68. The molecule has 0 aliphatic heterocycles. The molecule has 0 saturated heterocycles. The number of aromatic carboxylic acids is 1. The van der Waals surface area contributed by atoms with Crippen LogP contribution in [0.3, 0.4) is 0 Å². The zero-order valence-electron chi connectivity index (χ0n) is 7.55. The van der Waals surface area contributed by atoms with Crippen LogP contribution in [0, 0.1) is 0 Å². The van der Waals surface area contributed by atoms with Crippen molar-refractivity contribution in [3.05, 3.63) is 15.0 Å². The van der Waals surface area contributed by atoms with Crippen LogP contribution < -0.4 is 0 Å². The van der Waals surface area contributed by atoms with E-state index in [2.05, 4.69) is 36.8 Å². The molecule has 0 aliphatic carbocycles. The summed E-state index contributed by atoms with van der Waals surface area (Å²) < 4.78 is 37.1. The van der Waals surface area contributed by atoms with Gasteiger partial charge in [-0.2, -0.15) is 13.2 Å². The van der Waals surface area contributed by atoms with Crippen molar-refractivity contribution in [1.29, 1.82) is 0 Å². The Kier molecular flexibility index (Phi) is 4.00. The molecule has 9 heteroatoms. The van der Waals surface area contributed by atoms with Gasteiger partial charge in [0, 0.05) is 6.54 Å². The van der Waals surface area contributed by atoms with Crippen LogP contribution in [0.1, 0.15) is 16.9 Å². The highest BCUT2D eigenvalue weighted by Crippen LogP contribution is 2.26. The number of carboxylic acid groups (broad SMARTS) is 1. The number of hydrogen-bond donors (Lipinski definition) is 1. The van der Waals surface area contributed by atoms with Gasteiger partial charge in [0.05, 0.1) is 6.42 Å². The van der Waals surface area contributed by atoms with Crippen LogP contribution in [0.5, 0.6) is 0 Å². The summed E-state index contributed by atoms with van der Waals surface area (Å²) in [5.41, 5.74) is -0.325. The lowest BCUT2D eigenvalue weighted by molar-refractivity contribution is -0.136. The predicted octanol–water partition coefficient (Wildman–Crippen LogP) is 3.06. The standard InChI is InChI=1S/C7H5Br2F3N2O2/c8-4-3(5(15)16)13-6(9)14(4)2-1-7(10,11)12/h1-2H2,(H,15,16). The fourth-order valence-corrected chi connectivity index (χ4v) is 2.35. The molecule has 0 amide bonds. The first-order valence-corrected chi connectivity index (χ1v) is 5.52. The summed E-state index contributed by atoms with van der Waals surface area (Å²) in [5.74, 6) is -1.31. The maximum absolute atomic E-state index is 12.0. The van der Waals surface area contributed by atoms with E-state index in [-0.39, 0.29) is 15.0 Å². The Bertz CT molecular complexity index is 416. The second-order valence-corrected chi connectivity index (χ2v) is 4.30. The van der Waals surface area contributed by atoms with Gasteiger partial charge in [0.2, 0.25) is 0 Å². The lowest BCUT2D eigenvalue weighted by Crippen LogP contribution is -2.12. The number of carbonyl (C=O) groups is 1. The van der Waals surface area contributed by atoms with E-state index in [0.717, 1.165) is 4.57 Å². The maximum atomic E-state index is 12.0. The highest BCUT2D eigenvalue weighted by atomic mass is 79.9. The number of rotatable bonds is 3. The van der Waals surface area contributed by atoms with Gasteiger partial charge in [-0.3, -0.25) is 0 Å². The average molecular weight is 366 g/mol. The molecule has 0 unspecified atom stereocenters. The molecule has 1 aromatic rings. The fourth-order valence-electron chi connectivity index (χ4n) is 0.973. The van der Waals surface area contributed by atoms with Crippen LogP contribution in [0.2, 0.25) is 0 Å². The highest BCUT2D eigenvalue weighted by Gasteiger charge is 2.28. The Morgan fingerprint density at radius 3 is 2.38 bits per heavy atom. The summed E-state index contributed by atoms with van der Waals surface area (Å²) in [6.45, 7) is -0.398. The molecule has 1 N–H and O–H groups in total. The molecular weight excluding hydrogens is 361 g/mol. The summed E-state index contributed by atoms with van der Waals surface area (Å²) in [7, 11) is 0. The molecule has 0 aliphatic rings. The molecule has 0 bridgehead atoms. The van der Waals surface area contributed by atoms with Gasteiger partial charge in [0.25, 0.3) is 0 Å². The van der Waals surface area contributed by atoms with Gasteiger partial charge >= 0.3 is 12.1 Å². The number of halogens is 5. The average Bonchev–Trinajstić information content (AvgIpc) is 2.38. The number of aromatic nitrogens is 2. The van der Waals surface area contributed by atoms with Gasteiger partial charge in [-0.15, -0.1) is 0 Å². The van der Waals surface area contributed by atoms with Crippen LogP contribution in [-0.4, -0.2) is 26.8 Å². The first kappa shape index (κ1) is 13.5. The van der Waals surface area contributed by atoms with Gasteiger partial charge in [0.15, 0.2) is 10.4 Å². The quantitative estimate of drug-likeness (QED) is 0.895. The van der Waals surface area contributed by atoms with Crippen molar-refractivity contribution >= 4 is 37.8 Å². The largest absolute Gasteiger partial charge is 0.476 e. The zero-order chi connectivity index (χ0) is 12.5. The van der Waals surface area contributed by atoms with Gasteiger partial charge in [-0.25, -0.2) is 9.78 Å². The van der Waals surface area contributed by atoms with Crippen LogP contribution >= 0.6 is 31.9 Å². The van der Waals surface area contributed by atoms with Crippen LogP contribution in [0.15, 0.2) is 9.34 Å². The normalized spacial score (nSPS) is 11.8. The summed E-state index contributed by atoms with van der Waals surface area (Å²) >= 11 is 5.79. The monoisotopic (exact) mass is 364 g/mol. The third kappa shape index (κ3) is 3.21. The lowest BCUT2D eigenvalue weighted by atomic mass is 10.4. The van der Waals surface area contributed by atoms with E-state index in [1.54, 1.807) is 0 Å². The molecule has 4 nitrogen and oxygen atoms in total. The van der Waals surface area contributed by atoms with E-state index in [0.29, 0.717) is 0 Å². The third-order valence-corrected chi connectivity index (χ3v) is 3.09. The molecule has 1 rings (SSSR count). The van der Waals surface area contributed by atoms with Gasteiger partial charge < -0.3 is 9.67 Å². The maximum Gasteiger partial charge on any atom is 0.390 e. The summed E-state index contributed by atoms with van der Waals surface area (Å²) in [6.07, 6.45) is -5.36. The van der Waals surface area contributed by atoms with Crippen molar-refractivity contribution in [3.8, 4) is 0 Å². The Labute approximate surface area is 105 Å². The number of alkyl halides is 3. The summed E-state index contributed by atoms with van der Waals surface area (Å²) in [4.78, 5) is 14.2. The van der Waals surface area contributed by atoms with Crippen molar-refractivity contribution < 1.29 is 23.1 Å². The minimum Gasteiger partial charge on any atom is -0.476 e. The second-order valence-electron chi connectivity index (χ2n) is 2.84. The minimum atomic E-state index is -4.30. The number of carboxylic acids is 1. The Morgan fingerprint density at radius 1 is 1.44 bits per heavy atom. The molecule has 0 atom stereocenters. The fraction of sp³-hybridized carbons (Fsp3) is 0.429. The van der Waals surface area contributed by atoms with Crippen LogP contribution in [0.4, 0.5) is 13.2 Å². The van der Waals surface area contributed by atoms with Gasteiger partial charge in [0.1, 0.15) is 4.60 Å². The molecule has 16 heavy (non-hydrogen) atoms. The first-order chi connectivity index (χ1) is 7.22. The Balaban J connectivity index is 2.93. The molecule has 0 aromatic carbocycles. The van der Waals surface area contributed by atoms with E-state index in [1.807, 2.05) is 0 Å². The summed E-state index contributed by atoms with van der Waals surface area (Å²) in [5, 5.41) is 8.68. The number of imidazole rings is 1. The topological polar surface area (TPSA) is 55.1 Å². The SMILES string of the molecule is O=C(O)c1nc(Br)n(CCC(F)(F)F)c1Br. The van der Waals surface area contributed by atoms with Gasteiger partial charge in [-0.1, -0.05) is 0 Å². The Hall–Kier alpha value is -0.570. The first-order valence-electron chi connectivity index (χ1n) is 3.94. The predicted molar refractivity (Wildman–Crippen MR) is 55.3 cm³/mol. The molecule has 1 heterocycles. The van der Waals surface area contributed by atoms with Crippen molar-refractivity contribution in [2.45, 2.75) is 19.1 Å². The van der Waals surface area contributed by atoms with Crippen molar-refractivity contribution in [2.75, 3.05) is 0 Å².